The summed E-state index contributed by atoms with van der Waals surface area (Å²) in [5, 5.41) is 12.9. The van der Waals surface area contributed by atoms with Crippen molar-refractivity contribution in [2.45, 2.75) is 19.0 Å². The van der Waals surface area contributed by atoms with Crippen LogP contribution in [0.1, 0.15) is 31.8 Å². The van der Waals surface area contributed by atoms with Crippen LogP contribution in [0.25, 0.3) is 0 Å². The van der Waals surface area contributed by atoms with Gasteiger partial charge in [0.1, 0.15) is 6.04 Å². The number of carbonyl (C=O) groups is 3. The third-order valence-corrected chi connectivity index (χ3v) is 5.79. The number of carboxylic acids is 1. The van der Waals surface area contributed by atoms with Crippen LogP contribution in [0, 0.1) is 0 Å². The van der Waals surface area contributed by atoms with Gasteiger partial charge in [0.05, 0.1) is 16.8 Å². The van der Waals surface area contributed by atoms with Crippen molar-refractivity contribution in [3.8, 4) is 0 Å². The summed E-state index contributed by atoms with van der Waals surface area (Å²) in [7, 11) is 0. The van der Waals surface area contributed by atoms with Crippen LogP contribution in [0.4, 0.5) is 5.69 Å². The maximum Gasteiger partial charge on any atom is 0.335 e. The third-order valence-electron chi connectivity index (χ3n) is 5.31. The Bertz CT molecular complexity index is 1190. The van der Waals surface area contributed by atoms with E-state index in [2.05, 4.69) is 5.32 Å². The van der Waals surface area contributed by atoms with Crippen LogP contribution in [-0.2, 0) is 17.8 Å². The number of halogens is 2. The molecule has 0 spiro atoms. The number of anilines is 1. The summed E-state index contributed by atoms with van der Waals surface area (Å²) < 4.78 is 0. The van der Waals surface area contributed by atoms with Crippen molar-refractivity contribution in [1.29, 1.82) is 0 Å². The minimum atomic E-state index is -1.03. The van der Waals surface area contributed by atoms with Crippen molar-refractivity contribution in [3.05, 3.63) is 99.0 Å². The van der Waals surface area contributed by atoms with Crippen LogP contribution in [0.5, 0.6) is 0 Å². The zero-order valence-electron chi connectivity index (χ0n) is 16.7. The lowest BCUT2D eigenvalue weighted by Gasteiger charge is -2.29. The van der Waals surface area contributed by atoms with E-state index >= 15 is 0 Å². The molecule has 8 heteroatoms. The van der Waals surface area contributed by atoms with E-state index in [1.165, 1.54) is 17.0 Å². The van der Waals surface area contributed by atoms with Gasteiger partial charge in [-0.1, -0.05) is 47.5 Å². The summed E-state index contributed by atoms with van der Waals surface area (Å²) in [6.07, 6.45) is 0.281. The highest BCUT2D eigenvalue weighted by Crippen LogP contribution is 2.29. The van der Waals surface area contributed by atoms with E-state index in [1.807, 2.05) is 12.1 Å². The Morgan fingerprint density at radius 2 is 1.53 bits per heavy atom. The first-order valence-corrected chi connectivity index (χ1v) is 10.6. The molecule has 0 radical (unpaired) electrons. The lowest BCUT2D eigenvalue weighted by Crippen LogP contribution is -2.46. The standard InChI is InChI=1S/C24H18Cl2N2O4/c25-17-7-3-14(4-8-17)11-21-22(29)27-20-12-18(26)9-10-19(20)23(30)28(21)13-15-1-5-16(6-2-15)24(31)32/h1-10,12,21H,11,13H2,(H,27,29)(H,31,32). The van der Waals surface area contributed by atoms with Gasteiger partial charge in [-0.25, -0.2) is 4.79 Å². The van der Waals surface area contributed by atoms with Crippen LogP contribution < -0.4 is 5.32 Å². The van der Waals surface area contributed by atoms with Gasteiger partial charge in [-0.3, -0.25) is 9.59 Å². The molecule has 0 saturated heterocycles. The molecule has 2 N–H and O–H groups in total. The Hall–Kier alpha value is -3.35. The van der Waals surface area contributed by atoms with Gasteiger partial charge in [0, 0.05) is 23.0 Å². The quantitative estimate of drug-likeness (QED) is 0.557. The van der Waals surface area contributed by atoms with Crippen molar-refractivity contribution in [2.75, 3.05) is 5.32 Å². The molecule has 1 unspecified atom stereocenters. The topological polar surface area (TPSA) is 86.7 Å². The number of nitrogens with zero attached hydrogens (tertiary/aromatic N) is 1. The lowest BCUT2D eigenvalue weighted by atomic mass is 10.0. The number of fused-ring (bicyclic) bond motifs is 1. The molecule has 3 aromatic rings. The van der Waals surface area contributed by atoms with E-state index in [0.717, 1.165) is 5.56 Å². The molecular formula is C24H18Cl2N2O4. The van der Waals surface area contributed by atoms with Crippen molar-refractivity contribution in [3.63, 3.8) is 0 Å². The predicted molar refractivity (Wildman–Crippen MR) is 122 cm³/mol. The number of benzene rings is 3. The number of carbonyl (C=O) groups excluding carboxylic acids is 2. The van der Waals surface area contributed by atoms with E-state index in [9.17, 15) is 14.4 Å². The second-order valence-corrected chi connectivity index (χ2v) is 8.33. The highest BCUT2D eigenvalue weighted by atomic mass is 35.5. The van der Waals surface area contributed by atoms with Gasteiger partial charge in [0.25, 0.3) is 5.91 Å². The zero-order valence-corrected chi connectivity index (χ0v) is 18.2. The maximum absolute atomic E-state index is 13.5. The SMILES string of the molecule is O=C(O)c1ccc(CN2C(=O)c3ccc(Cl)cc3NC(=O)C2Cc2ccc(Cl)cc2)cc1. The van der Waals surface area contributed by atoms with Crippen LogP contribution in [-0.4, -0.2) is 33.8 Å². The summed E-state index contributed by atoms with van der Waals surface area (Å²) in [5.74, 6) is -1.69. The van der Waals surface area contributed by atoms with Crippen LogP contribution in [0.2, 0.25) is 10.0 Å². The molecule has 32 heavy (non-hydrogen) atoms. The van der Waals surface area contributed by atoms with E-state index < -0.39 is 12.0 Å². The molecule has 0 bridgehead atoms. The minimum absolute atomic E-state index is 0.131. The lowest BCUT2D eigenvalue weighted by molar-refractivity contribution is -0.120. The van der Waals surface area contributed by atoms with Crippen molar-refractivity contribution in [1.82, 2.24) is 4.90 Å². The number of nitrogens with one attached hydrogen (secondary N) is 1. The van der Waals surface area contributed by atoms with Crippen molar-refractivity contribution < 1.29 is 19.5 Å². The molecule has 1 aliphatic heterocycles. The largest absolute Gasteiger partial charge is 0.478 e. The van der Waals surface area contributed by atoms with Gasteiger partial charge in [0.2, 0.25) is 5.91 Å². The van der Waals surface area contributed by atoms with Gasteiger partial charge in [-0.2, -0.15) is 0 Å². The summed E-state index contributed by atoms with van der Waals surface area (Å²) in [4.78, 5) is 39.3. The number of aromatic carboxylic acids is 1. The number of hydrogen-bond donors (Lipinski definition) is 2. The highest BCUT2D eigenvalue weighted by Gasteiger charge is 2.35. The maximum atomic E-state index is 13.5. The summed E-state index contributed by atoms with van der Waals surface area (Å²) >= 11 is 12.1. The second kappa shape index (κ2) is 9.02. The second-order valence-electron chi connectivity index (χ2n) is 7.46. The normalized spacial score (nSPS) is 15.7. The van der Waals surface area contributed by atoms with Crippen LogP contribution in [0.3, 0.4) is 0 Å². The molecule has 6 nitrogen and oxygen atoms in total. The number of hydrogen-bond acceptors (Lipinski definition) is 3. The average Bonchev–Trinajstić information content (AvgIpc) is 2.85. The Kier molecular flexibility index (Phi) is 6.17. The molecule has 4 rings (SSSR count). The molecule has 1 aliphatic rings. The van der Waals surface area contributed by atoms with Gasteiger partial charge in [-0.15, -0.1) is 0 Å². The van der Waals surface area contributed by atoms with Gasteiger partial charge in [0.15, 0.2) is 0 Å². The first-order chi connectivity index (χ1) is 15.3. The molecule has 2 amide bonds. The fraction of sp³-hybridized carbons (Fsp3) is 0.125. The van der Waals surface area contributed by atoms with Crippen molar-refractivity contribution in [2.24, 2.45) is 0 Å². The molecule has 0 fully saturated rings. The van der Waals surface area contributed by atoms with E-state index in [4.69, 9.17) is 28.3 Å². The number of rotatable bonds is 5. The van der Waals surface area contributed by atoms with E-state index in [0.29, 0.717) is 26.9 Å². The number of amides is 2. The van der Waals surface area contributed by atoms with Crippen LogP contribution >= 0.6 is 23.2 Å². The minimum Gasteiger partial charge on any atom is -0.478 e. The predicted octanol–water partition coefficient (Wildman–Crippen LogP) is 4.90. The highest BCUT2D eigenvalue weighted by molar-refractivity contribution is 6.31. The summed E-state index contributed by atoms with van der Waals surface area (Å²) in [6, 6.07) is 17.3. The van der Waals surface area contributed by atoms with Crippen molar-refractivity contribution >= 4 is 46.7 Å². The zero-order chi connectivity index (χ0) is 22.8. The Morgan fingerprint density at radius 3 is 2.19 bits per heavy atom. The molecular weight excluding hydrogens is 451 g/mol. The first kappa shape index (κ1) is 21.9. The summed E-state index contributed by atoms with van der Waals surface area (Å²) in [6.45, 7) is 0.131. The first-order valence-electron chi connectivity index (χ1n) is 9.80. The van der Waals surface area contributed by atoms with Gasteiger partial charge in [-0.05, 0) is 53.6 Å². The van der Waals surface area contributed by atoms with Crippen LogP contribution in [0.15, 0.2) is 66.7 Å². The van der Waals surface area contributed by atoms with E-state index in [-0.39, 0.29) is 30.3 Å². The van der Waals surface area contributed by atoms with Gasteiger partial charge < -0.3 is 15.3 Å². The fourth-order valence-corrected chi connectivity index (χ4v) is 3.94. The molecule has 1 atom stereocenters. The Balaban J connectivity index is 1.72. The molecule has 0 aliphatic carbocycles. The molecule has 162 valence electrons. The number of carboxylic acid groups (broad SMARTS) is 1. The molecule has 0 saturated carbocycles. The monoisotopic (exact) mass is 468 g/mol. The third kappa shape index (κ3) is 4.61. The van der Waals surface area contributed by atoms with Gasteiger partial charge >= 0.3 is 5.97 Å². The average molecular weight is 469 g/mol. The molecule has 3 aromatic carbocycles. The Labute approximate surface area is 194 Å². The molecule has 0 aromatic heterocycles. The van der Waals surface area contributed by atoms with E-state index in [1.54, 1.807) is 42.5 Å². The summed E-state index contributed by atoms with van der Waals surface area (Å²) in [5.41, 5.74) is 2.39. The fourth-order valence-electron chi connectivity index (χ4n) is 3.64. The molecule has 1 heterocycles. The smallest absolute Gasteiger partial charge is 0.335 e. The Morgan fingerprint density at radius 1 is 0.906 bits per heavy atom.